The van der Waals surface area contributed by atoms with Crippen LogP contribution in [0.3, 0.4) is 0 Å². The first kappa shape index (κ1) is 13.0. The predicted molar refractivity (Wildman–Crippen MR) is 67.2 cm³/mol. The highest BCUT2D eigenvalue weighted by Crippen LogP contribution is 2.22. The molecule has 5 heteroatoms. The minimum Gasteiger partial charge on any atom is -0.385 e. The molecule has 1 rings (SSSR count). The lowest BCUT2D eigenvalue weighted by Gasteiger charge is -2.09. The first-order chi connectivity index (χ1) is 7.66. The molecule has 0 aliphatic heterocycles. The van der Waals surface area contributed by atoms with Gasteiger partial charge in [0, 0.05) is 25.7 Å². The van der Waals surface area contributed by atoms with Crippen LogP contribution in [0.5, 0.6) is 0 Å². The Hall–Kier alpha value is -1.07. The van der Waals surface area contributed by atoms with Crippen LogP contribution >= 0.6 is 11.8 Å². The summed E-state index contributed by atoms with van der Waals surface area (Å²) in [6.07, 6.45) is 2.72. The summed E-state index contributed by atoms with van der Waals surface area (Å²) in [4.78, 5) is 4.26. The summed E-state index contributed by atoms with van der Waals surface area (Å²) in [6.45, 7) is 2.69. The lowest BCUT2D eigenvalue weighted by molar-refractivity contribution is 0.200. The van der Waals surface area contributed by atoms with Gasteiger partial charge in [-0.15, -0.1) is 11.8 Å². The molecule has 0 aliphatic rings. The van der Waals surface area contributed by atoms with E-state index < -0.39 is 0 Å². The van der Waals surface area contributed by atoms with E-state index in [2.05, 4.69) is 4.98 Å². The number of amidine groups is 1. The van der Waals surface area contributed by atoms with Gasteiger partial charge in [0.25, 0.3) is 0 Å². The molecule has 3 N–H and O–H groups in total. The molecule has 0 unspecified atom stereocenters. The fourth-order valence-corrected chi connectivity index (χ4v) is 2.35. The Kier molecular flexibility index (Phi) is 5.28. The van der Waals surface area contributed by atoms with Gasteiger partial charge in [-0.05, 0) is 25.0 Å². The van der Waals surface area contributed by atoms with E-state index in [1.165, 1.54) is 0 Å². The number of nitrogen functional groups attached to an aromatic ring is 1. The molecule has 0 radical (unpaired) electrons. The van der Waals surface area contributed by atoms with Gasteiger partial charge in [0.1, 0.15) is 10.9 Å². The number of pyridine rings is 1. The van der Waals surface area contributed by atoms with Crippen LogP contribution in [0.1, 0.15) is 17.5 Å². The monoisotopic (exact) mass is 239 g/mol. The summed E-state index contributed by atoms with van der Waals surface area (Å²) in [5.74, 6) is 1.00. The first-order valence-corrected chi connectivity index (χ1v) is 6.07. The van der Waals surface area contributed by atoms with Crippen LogP contribution in [-0.2, 0) is 4.74 Å². The Morgan fingerprint density at radius 2 is 2.38 bits per heavy atom. The van der Waals surface area contributed by atoms with Crippen LogP contribution in [0.25, 0.3) is 0 Å². The number of hydrogen-bond acceptors (Lipinski definition) is 4. The Morgan fingerprint density at radius 1 is 1.62 bits per heavy atom. The van der Waals surface area contributed by atoms with Crippen molar-refractivity contribution in [3.8, 4) is 0 Å². The largest absolute Gasteiger partial charge is 0.385 e. The van der Waals surface area contributed by atoms with Crippen molar-refractivity contribution in [2.75, 3.05) is 19.5 Å². The van der Waals surface area contributed by atoms with Crippen molar-refractivity contribution in [2.45, 2.75) is 18.4 Å². The normalized spacial score (nSPS) is 10.4. The number of nitrogens with two attached hydrogens (primary N) is 1. The summed E-state index contributed by atoms with van der Waals surface area (Å²) < 4.78 is 4.98. The van der Waals surface area contributed by atoms with E-state index >= 15 is 0 Å². The zero-order valence-corrected chi connectivity index (χ0v) is 10.4. The van der Waals surface area contributed by atoms with Crippen molar-refractivity contribution in [2.24, 2.45) is 5.73 Å². The lowest BCUT2D eigenvalue weighted by Crippen LogP contribution is -2.15. The molecule has 88 valence electrons. The van der Waals surface area contributed by atoms with Crippen molar-refractivity contribution >= 4 is 17.6 Å². The molecular formula is C11H17N3OS. The molecule has 4 nitrogen and oxygen atoms in total. The number of methoxy groups -OCH3 is 1. The van der Waals surface area contributed by atoms with Gasteiger partial charge < -0.3 is 10.5 Å². The fourth-order valence-electron chi connectivity index (χ4n) is 1.34. The van der Waals surface area contributed by atoms with E-state index in [-0.39, 0.29) is 5.84 Å². The Morgan fingerprint density at radius 3 is 3.00 bits per heavy atom. The van der Waals surface area contributed by atoms with E-state index in [0.717, 1.165) is 34.9 Å². The van der Waals surface area contributed by atoms with Gasteiger partial charge in [-0.1, -0.05) is 0 Å². The van der Waals surface area contributed by atoms with Gasteiger partial charge in [-0.2, -0.15) is 0 Å². The van der Waals surface area contributed by atoms with E-state index in [9.17, 15) is 0 Å². The predicted octanol–water partition coefficient (Wildman–Crippen LogP) is 1.80. The molecule has 0 amide bonds. The Balaban J connectivity index is 2.71. The molecule has 0 spiro atoms. The Labute approximate surface area is 100 Å². The van der Waals surface area contributed by atoms with Gasteiger partial charge in [-0.25, -0.2) is 4.98 Å². The van der Waals surface area contributed by atoms with Crippen LogP contribution in [-0.4, -0.2) is 30.3 Å². The molecule has 1 aromatic rings. The summed E-state index contributed by atoms with van der Waals surface area (Å²) in [6, 6.07) is 1.87. The molecule has 0 aromatic carbocycles. The third-order valence-corrected chi connectivity index (χ3v) is 3.20. The standard InChI is InChI=1S/C11H17N3OS/c1-8-4-5-14-11(9(8)10(12)13)16-7-3-6-15-2/h4-5H,3,6-7H2,1-2H3,(H3,12,13). The average molecular weight is 239 g/mol. The number of nitrogens with one attached hydrogen (secondary N) is 1. The van der Waals surface area contributed by atoms with E-state index in [1.54, 1.807) is 25.1 Å². The third-order valence-electron chi connectivity index (χ3n) is 2.13. The second-order valence-corrected chi connectivity index (χ2v) is 4.50. The molecular weight excluding hydrogens is 222 g/mol. The van der Waals surface area contributed by atoms with Crippen molar-refractivity contribution < 1.29 is 4.74 Å². The zero-order valence-electron chi connectivity index (χ0n) is 9.62. The maximum absolute atomic E-state index is 7.53. The molecule has 0 saturated heterocycles. The average Bonchev–Trinajstić information content (AvgIpc) is 2.24. The summed E-state index contributed by atoms with van der Waals surface area (Å²) in [5, 5.41) is 8.37. The minimum absolute atomic E-state index is 0.0832. The number of rotatable bonds is 6. The summed E-state index contributed by atoms with van der Waals surface area (Å²) >= 11 is 1.62. The van der Waals surface area contributed by atoms with Crippen molar-refractivity contribution in [1.29, 1.82) is 5.41 Å². The second-order valence-electron chi connectivity index (χ2n) is 3.42. The van der Waals surface area contributed by atoms with E-state index in [1.807, 2.05) is 13.0 Å². The molecule has 0 bridgehead atoms. The SMILES string of the molecule is COCCCSc1nccc(C)c1C(=N)N. The Bertz CT molecular complexity index is 368. The molecule has 0 fully saturated rings. The summed E-state index contributed by atoms with van der Waals surface area (Å²) in [5.41, 5.74) is 7.30. The molecule has 16 heavy (non-hydrogen) atoms. The van der Waals surface area contributed by atoms with Crippen LogP contribution in [0.15, 0.2) is 17.3 Å². The number of nitrogens with zero attached hydrogens (tertiary/aromatic N) is 1. The highest BCUT2D eigenvalue weighted by molar-refractivity contribution is 7.99. The van der Waals surface area contributed by atoms with Gasteiger partial charge >= 0.3 is 0 Å². The van der Waals surface area contributed by atoms with Crippen molar-refractivity contribution in [3.05, 3.63) is 23.4 Å². The molecule has 1 aromatic heterocycles. The van der Waals surface area contributed by atoms with Crippen LogP contribution in [0, 0.1) is 12.3 Å². The van der Waals surface area contributed by atoms with Crippen LogP contribution < -0.4 is 5.73 Å². The van der Waals surface area contributed by atoms with Gasteiger partial charge in [0.2, 0.25) is 0 Å². The number of thioether (sulfide) groups is 1. The van der Waals surface area contributed by atoms with Crippen LogP contribution in [0.2, 0.25) is 0 Å². The lowest BCUT2D eigenvalue weighted by atomic mass is 10.1. The highest BCUT2D eigenvalue weighted by Gasteiger charge is 2.09. The summed E-state index contributed by atoms with van der Waals surface area (Å²) in [7, 11) is 1.69. The maximum atomic E-state index is 7.53. The number of aryl methyl sites for hydroxylation is 1. The van der Waals surface area contributed by atoms with Crippen molar-refractivity contribution in [1.82, 2.24) is 4.98 Å². The van der Waals surface area contributed by atoms with Gasteiger partial charge in [0.05, 0.1) is 5.56 Å². The van der Waals surface area contributed by atoms with Crippen LogP contribution in [0.4, 0.5) is 0 Å². The number of aromatic nitrogens is 1. The van der Waals surface area contributed by atoms with E-state index in [4.69, 9.17) is 15.9 Å². The fraction of sp³-hybridized carbons (Fsp3) is 0.455. The molecule has 0 atom stereocenters. The third kappa shape index (κ3) is 3.50. The number of ether oxygens (including phenoxy) is 1. The topological polar surface area (TPSA) is 72.0 Å². The smallest absolute Gasteiger partial charge is 0.125 e. The minimum atomic E-state index is 0.0832. The molecule has 0 aliphatic carbocycles. The first-order valence-electron chi connectivity index (χ1n) is 5.08. The quantitative estimate of drug-likeness (QED) is 0.344. The van der Waals surface area contributed by atoms with Gasteiger partial charge in [0.15, 0.2) is 0 Å². The van der Waals surface area contributed by atoms with E-state index in [0.29, 0.717) is 0 Å². The van der Waals surface area contributed by atoms with Gasteiger partial charge in [-0.3, -0.25) is 5.41 Å². The zero-order chi connectivity index (χ0) is 12.0. The maximum Gasteiger partial charge on any atom is 0.125 e. The second kappa shape index (κ2) is 6.50. The number of hydrogen-bond donors (Lipinski definition) is 2. The molecule has 1 heterocycles. The molecule has 0 saturated carbocycles. The highest BCUT2D eigenvalue weighted by atomic mass is 32.2. The van der Waals surface area contributed by atoms with Crippen molar-refractivity contribution in [3.63, 3.8) is 0 Å².